The van der Waals surface area contributed by atoms with Crippen LogP contribution in [-0.2, 0) is 0 Å². The molecule has 0 saturated carbocycles. The summed E-state index contributed by atoms with van der Waals surface area (Å²) in [6.07, 6.45) is 3.46. The summed E-state index contributed by atoms with van der Waals surface area (Å²) < 4.78 is 5.90. The van der Waals surface area contributed by atoms with Crippen LogP contribution in [0.5, 0.6) is 0 Å². The number of rotatable bonds is 4. The summed E-state index contributed by atoms with van der Waals surface area (Å²) in [6, 6.07) is 6.54. The number of thiophene rings is 1. The van der Waals surface area contributed by atoms with Crippen molar-refractivity contribution < 1.29 is 4.42 Å². The third-order valence-corrected chi connectivity index (χ3v) is 3.98. The molecule has 1 N–H and O–H groups in total. The summed E-state index contributed by atoms with van der Waals surface area (Å²) in [5, 5.41) is 3.50. The molecule has 0 aliphatic rings. The van der Waals surface area contributed by atoms with Gasteiger partial charge in [-0.25, -0.2) is 0 Å². The Morgan fingerprint density at radius 2 is 2.06 bits per heavy atom. The monoisotopic (exact) mass is 255 g/mol. The van der Waals surface area contributed by atoms with E-state index in [-0.39, 0.29) is 6.04 Å². The van der Waals surface area contributed by atoms with Crippen LogP contribution in [0.25, 0.3) is 0 Å². The standard InChI is InChI=1S/C12H14ClNOS/c1-8(10-5-6-15-7-10)14-9(2)11-3-4-12(13)16-11/h3-9,14H,1-2H3. The van der Waals surface area contributed by atoms with Gasteiger partial charge in [0.05, 0.1) is 16.9 Å². The number of hydrogen-bond donors (Lipinski definition) is 1. The fourth-order valence-electron chi connectivity index (χ4n) is 1.64. The molecule has 16 heavy (non-hydrogen) atoms. The maximum Gasteiger partial charge on any atom is 0.0950 e. The van der Waals surface area contributed by atoms with Crippen LogP contribution in [0.15, 0.2) is 35.1 Å². The first-order valence-corrected chi connectivity index (χ1v) is 6.39. The molecule has 0 radical (unpaired) electrons. The van der Waals surface area contributed by atoms with Crippen molar-refractivity contribution in [3.63, 3.8) is 0 Å². The first-order chi connectivity index (χ1) is 7.66. The largest absolute Gasteiger partial charge is 0.472 e. The van der Waals surface area contributed by atoms with Crippen LogP contribution in [0.2, 0.25) is 4.34 Å². The maximum absolute atomic E-state index is 5.92. The minimum absolute atomic E-state index is 0.273. The molecule has 0 aliphatic carbocycles. The van der Waals surface area contributed by atoms with Crippen molar-refractivity contribution in [1.82, 2.24) is 5.32 Å². The lowest BCUT2D eigenvalue weighted by atomic mass is 10.1. The van der Waals surface area contributed by atoms with Gasteiger partial charge in [0.15, 0.2) is 0 Å². The van der Waals surface area contributed by atoms with Crippen molar-refractivity contribution in [3.05, 3.63) is 45.5 Å². The molecule has 2 aromatic rings. The smallest absolute Gasteiger partial charge is 0.0950 e. The Labute approximate surface area is 104 Å². The topological polar surface area (TPSA) is 25.2 Å². The molecule has 0 bridgehead atoms. The van der Waals surface area contributed by atoms with Gasteiger partial charge in [0.2, 0.25) is 0 Å². The highest BCUT2D eigenvalue weighted by Crippen LogP contribution is 2.28. The van der Waals surface area contributed by atoms with Crippen LogP contribution in [0.1, 0.15) is 36.4 Å². The van der Waals surface area contributed by atoms with Crippen LogP contribution in [0.4, 0.5) is 0 Å². The Morgan fingerprint density at radius 1 is 1.25 bits per heavy atom. The molecular formula is C12H14ClNOS. The SMILES string of the molecule is CC(NC(C)c1ccc(Cl)s1)c1ccoc1. The zero-order chi connectivity index (χ0) is 11.5. The van der Waals surface area contributed by atoms with E-state index in [1.807, 2.05) is 12.1 Å². The molecule has 2 nitrogen and oxygen atoms in total. The molecule has 86 valence electrons. The summed E-state index contributed by atoms with van der Waals surface area (Å²) in [5.74, 6) is 0. The summed E-state index contributed by atoms with van der Waals surface area (Å²) in [5.41, 5.74) is 1.16. The van der Waals surface area contributed by atoms with Gasteiger partial charge in [0, 0.05) is 22.5 Å². The van der Waals surface area contributed by atoms with Gasteiger partial charge >= 0.3 is 0 Å². The third-order valence-electron chi connectivity index (χ3n) is 2.56. The first-order valence-electron chi connectivity index (χ1n) is 5.20. The fraction of sp³-hybridized carbons (Fsp3) is 0.333. The van der Waals surface area contributed by atoms with Gasteiger partial charge in [-0.1, -0.05) is 11.6 Å². The summed E-state index contributed by atoms with van der Waals surface area (Å²) in [7, 11) is 0. The van der Waals surface area contributed by atoms with Crippen molar-refractivity contribution in [3.8, 4) is 0 Å². The number of furan rings is 1. The van der Waals surface area contributed by atoms with Crippen LogP contribution in [-0.4, -0.2) is 0 Å². The minimum atomic E-state index is 0.273. The lowest BCUT2D eigenvalue weighted by Crippen LogP contribution is -2.21. The Bertz CT molecular complexity index is 438. The van der Waals surface area contributed by atoms with E-state index in [1.54, 1.807) is 23.9 Å². The van der Waals surface area contributed by atoms with Gasteiger partial charge in [0.1, 0.15) is 0 Å². The number of hydrogen-bond acceptors (Lipinski definition) is 3. The molecule has 2 heterocycles. The van der Waals surface area contributed by atoms with Crippen LogP contribution in [0.3, 0.4) is 0 Å². The van der Waals surface area contributed by atoms with Gasteiger partial charge in [-0.2, -0.15) is 0 Å². The number of nitrogens with one attached hydrogen (secondary N) is 1. The predicted molar refractivity (Wildman–Crippen MR) is 68.0 cm³/mol. The Morgan fingerprint density at radius 3 is 2.62 bits per heavy atom. The van der Waals surface area contributed by atoms with Crippen molar-refractivity contribution in [2.24, 2.45) is 0 Å². The predicted octanol–water partition coefficient (Wildman–Crippen LogP) is 4.41. The first kappa shape index (κ1) is 11.7. The van der Waals surface area contributed by atoms with Crippen molar-refractivity contribution in [2.75, 3.05) is 0 Å². The Hall–Kier alpha value is -0.770. The van der Waals surface area contributed by atoms with Crippen LogP contribution >= 0.6 is 22.9 Å². The van der Waals surface area contributed by atoms with Crippen molar-refractivity contribution in [1.29, 1.82) is 0 Å². The molecular weight excluding hydrogens is 242 g/mol. The normalized spacial score (nSPS) is 14.9. The van der Waals surface area contributed by atoms with E-state index in [1.165, 1.54) is 4.88 Å². The Balaban J connectivity index is 2.00. The van der Waals surface area contributed by atoms with Crippen LogP contribution < -0.4 is 5.32 Å². The zero-order valence-electron chi connectivity index (χ0n) is 9.24. The van der Waals surface area contributed by atoms with E-state index in [0.29, 0.717) is 6.04 Å². The highest BCUT2D eigenvalue weighted by atomic mass is 35.5. The van der Waals surface area contributed by atoms with Gasteiger partial charge < -0.3 is 9.73 Å². The zero-order valence-corrected chi connectivity index (χ0v) is 10.8. The van der Waals surface area contributed by atoms with Gasteiger partial charge in [-0.15, -0.1) is 11.3 Å². The fourth-order valence-corrected chi connectivity index (χ4v) is 2.71. The van der Waals surface area contributed by atoms with E-state index < -0.39 is 0 Å². The third kappa shape index (κ3) is 2.67. The molecule has 0 aliphatic heterocycles. The van der Waals surface area contributed by atoms with Gasteiger partial charge in [-0.05, 0) is 32.0 Å². The van der Waals surface area contributed by atoms with Gasteiger partial charge in [-0.3, -0.25) is 0 Å². The van der Waals surface area contributed by atoms with Gasteiger partial charge in [0.25, 0.3) is 0 Å². The molecule has 2 unspecified atom stereocenters. The molecule has 2 atom stereocenters. The number of halogens is 1. The quantitative estimate of drug-likeness (QED) is 0.876. The summed E-state index contributed by atoms with van der Waals surface area (Å²) in [6.45, 7) is 4.26. The average Bonchev–Trinajstić information content (AvgIpc) is 2.87. The average molecular weight is 256 g/mol. The molecule has 0 amide bonds. The highest BCUT2D eigenvalue weighted by molar-refractivity contribution is 7.16. The minimum Gasteiger partial charge on any atom is -0.472 e. The van der Waals surface area contributed by atoms with Crippen LogP contribution in [0, 0.1) is 0 Å². The summed E-state index contributed by atoms with van der Waals surface area (Å²) >= 11 is 7.53. The molecule has 0 saturated heterocycles. The van der Waals surface area contributed by atoms with E-state index in [0.717, 1.165) is 9.90 Å². The summed E-state index contributed by atoms with van der Waals surface area (Å²) in [4.78, 5) is 1.25. The maximum atomic E-state index is 5.92. The molecule has 0 fully saturated rings. The highest BCUT2D eigenvalue weighted by Gasteiger charge is 2.13. The van der Waals surface area contributed by atoms with Crippen molar-refractivity contribution in [2.45, 2.75) is 25.9 Å². The lowest BCUT2D eigenvalue weighted by Gasteiger charge is -2.17. The van der Waals surface area contributed by atoms with E-state index >= 15 is 0 Å². The molecule has 0 spiro atoms. The van der Waals surface area contributed by atoms with Crippen molar-refractivity contribution >= 4 is 22.9 Å². The molecule has 0 aromatic carbocycles. The molecule has 2 aromatic heterocycles. The molecule has 2 rings (SSSR count). The molecule has 4 heteroatoms. The van der Waals surface area contributed by atoms with E-state index in [9.17, 15) is 0 Å². The second-order valence-corrected chi connectivity index (χ2v) is 5.56. The van der Waals surface area contributed by atoms with E-state index in [4.69, 9.17) is 16.0 Å². The lowest BCUT2D eigenvalue weighted by molar-refractivity contribution is 0.491. The van der Waals surface area contributed by atoms with E-state index in [2.05, 4.69) is 25.2 Å². The second-order valence-electron chi connectivity index (χ2n) is 3.81. The second kappa shape index (κ2) is 5.04. The Kier molecular flexibility index (Phi) is 3.69.